The third kappa shape index (κ3) is 7.86. The Hall–Kier alpha value is -1.77. The van der Waals surface area contributed by atoms with Crippen LogP contribution in [-0.4, -0.2) is 68.6 Å². The molecule has 5 N–H and O–H groups in total. The summed E-state index contributed by atoms with van der Waals surface area (Å²) in [6.07, 6.45) is 1.65. The largest absolute Gasteiger partial charge is 0.396 e. The van der Waals surface area contributed by atoms with E-state index in [-0.39, 0.29) is 40.3 Å². The van der Waals surface area contributed by atoms with Gasteiger partial charge >= 0.3 is 0 Å². The standard InChI is InChI=1S/C22H28Cl2N2O8S2/c1-35(31,32)17-7-3-15(4-8-17)21(29,12-14-27)25-13-11-22(30,26-20(28)19(23)24)16-5-9-18(10-6-16)36(2,33)34/h3-10,19,25,27,29-30H,11-14H2,1-2H3,(H,26,28). The molecule has 2 rings (SSSR count). The molecule has 0 aliphatic heterocycles. The number of rotatable bonds is 12. The molecule has 1 amide bonds. The molecule has 0 aliphatic carbocycles. The number of hydrogen-bond acceptors (Lipinski definition) is 9. The van der Waals surface area contributed by atoms with Crippen LogP contribution in [0.25, 0.3) is 0 Å². The molecule has 2 aromatic carbocycles. The van der Waals surface area contributed by atoms with Crippen molar-refractivity contribution in [3.8, 4) is 0 Å². The van der Waals surface area contributed by atoms with Gasteiger partial charge in [0, 0.05) is 44.1 Å². The Morgan fingerprint density at radius 3 is 1.61 bits per heavy atom. The second-order valence-corrected chi connectivity index (χ2v) is 13.4. The predicted molar refractivity (Wildman–Crippen MR) is 135 cm³/mol. The second kappa shape index (κ2) is 11.7. The van der Waals surface area contributed by atoms with Crippen LogP contribution in [0.2, 0.25) is 0 Å². The monoisotopic (exact) mass is 582 g/mol. The van der Waals surface area contributed by atoms with Crippen LogP contribution in [0, 0.1) is 0 Å². The van der Waals surface area contributed by atoms with Gasteiger partial charge in [0.05, 0.1) is 9.79 Å². The number of aliphatic hydroxyl groups excluding tert-OH is 1. The maximum absolute atomic E-state index is 12.2. The SMILES string of the molecule is CS(=O)(=O)c1ccc(C(O)(CCO)NCCC(O)(NC(=O)C(Cl)Cl)c2ccc(S(C)(=O)=O)cc2)cc1. The van der Waals surface area contributed by atoms with Crippen molar-refractivity contribution in [2.75, 3.05) is 25.7 Å². The number of nitrogens with one attached hydrogen (secondary N) is 2. The number of carbonyl (C=O) groups excluding carboxylic acids is 1. The van der Waals surface area contributed by atoms with Gasteiger partial charge < -0.3 is 20.6 Å². The Balaban J connectivity index is 2.31. The number of sulfone groups is 2. The van der Waals surface area contributed by atoms with Gasteiger partial charge in [-0.15, -0.1) is 0 Å². The Labute approximate surface area is 220 Å². The minimum absolute atomic E-state index is 0.000441. The van der Waals surface area contributed by atoms with Gasteiger partial charge in [0.1, 0.15) is 5.72 Å². The zero-order chi connectivity index (χ0) is 27.4. The van der Waals surface area contributed by atoms with Crippen molar-refractivity contribution >= 4 is 48.8 Å². The first-order chi connectivity index (χ1) is 16.5. The van der Waals surface area contributed by atoms with Gasteiger partial charge in [-0.2, -0.15) is 0 Å². The lowest BCUT2D eigenvalue weighted by molar-refractivity contribution is -0.128. The summed E-state index contributed by atoms with van der Waals surface area (Å²) in [6.45, 7) is -0.560. The topological polar surface area (TPSA) is 170 Å². The van der Waals surface area contributed by atoms with E-state index in [2.05, 4.69) is 10.6 Å². The van der Waals surface area contributed by atoms with Crippen LogP contribution in [0.15, 0.2) is 58.3 Å². The van der Waals surface area contributed by atoms with Crippen molar-refractivity contribution in [2.45, 2.75) is 38.9 Å². The number of aliphatic hydroxyl groups is 3. The van der Waals surface area contributed by atoms with E-state index in [9.17, 15) is 36.9 Å². The van der Waals surface area contributed by atoms with E-state index >= 15 is 0 Å². The summed E-state index contributed by atoms with van der Waals surface area (Å²) >= 11 is 11.2. The zero-order valence-electron chi connectivity index (χ0n) is 19.5. The molecule has 0 bridgehead atoms. The van der Waals surface area contributed by atoms with Crippen LogP contribution in [0.1, 0.15) is 24.0 Å². The van der Waals surface area contributed by atoms with Gasteiger partial charge in [-0.3, -0.25) is 10.1 Å². The molecule has 0 radical (unpaired) electrons. The van der Waals surface area contributed by atoms with E-state index in [0.29, 0.717) is 0 Å². The van der Waals surface area contributed by atoms with Crippen molar-refractivity contribution in [3.63, 3.8) is 0 Å². The average Bonchev–Trinajstić information content (AvgIpc) is 2.78. The maximum Gasteiger partial charge on any atom is 0.255 e. The number of hydrogen-bond donors (Lipinski definition) is 5. The summed E-state index contributed by atoms with van der Waals surface area (Å²) in [5, 5.41) is 37.0. The van der Waals surface area contributed by atoms with Gasteiger partial charge in [-0.1, -0.05) is 47.5 Å². The number of amides is 1. The molecular formula is C22H28Cl2N2O8S2. The highest BCUT2D eigenvalue weighted by Gasteiger charge is 2.35. The molecule has 0 aromatic heterocycles. The number of carbonyl (C=O) groups is 1. The lowest BCUT2D eigenvalue weighted by atomic mass is 9.96. The maximum atomic E-state index is 12.2. The van der Waals surface area contributed by atoms with E-state index in [0.717, 1.165) is 12.5 Å². The van der Waals surface area contributed by atoms with Crippen LogP contribution in [0.5, 0.6) is 0 Å². The molecule has 0 spiro atoms. The van der Waals surface area contributed by atoms with Gasteiger partial charge in [0.15, 0.2) is 30.2 Å². The van der Waals surface area contributed by atoms with Crippen LogP contribution >= 0.6 is 23.2 Å². The van der Waals surface area contributed by atoms with E-state index in [1.807, 2.05) is 0 Å². The molecule has 2 unspecified atom stereocenters. The Kier molecular flexibility index (Phi) is 9.93. The molecule has 0 fully saturated rings. The second-order valence-electron chi connectivity index (χ2n) is 8.25. The fraction of sp³-hybridized carbons (Fsp3) is 0.409. The Morgan fingerprint density at radius 2 is 1.25 bits per heavy atom. The minimum Gasteiger partial charge on any atom is -0.396 e. The number of halogens is 2. The molecular weight excluding hydrogens is 555 g/mol. The summed E-state index contributed by atoms with van der Waals surface area (Å²) in [5.41, 5.74) is -3.49. The smallest absolute Gasteiger partial charge is 0.255 e. The van der Waals surface area contributed by atoms with E-state index in [1.165, 1.54) is 48.5 Å². The minimum atomic E-state index is -3.51. The lowest BCUT2D eigenvalue weighted by Crippen LogP contribution is -2.51. The van der Waals surface area contributed by atoms with Gasteiger partial charge in [0.2, 0.25) is 0 Å². The fourth-order valence-electron chi connectivity index (χ4n) is 3.44. The highest BCUT2D eigenvalue weighted by atomic mass is 35.5. The highest BCUT2D eigenvalue weighted by Crippen LogP contribution is 2.27. The van der Waals surface area contributed by atoms with E-state index < -0.39 is 48.5 Å². The number of benzene rings is 2. The van der Waals surface area contributed by atoms with Crippen molar-refractivity contribution in [1.82, 2.24) is 10.6 Å². The zero-order valence-corrected chi connectivity index (χ0v) is 22.6. The van der Waals surface area contributed by atoms with Crippen LogP contribution < -0.4 is 10.6 Å². The Morgan fingerprint density at radius 1 is 0.833 bits per heavy atom. The van der Waals surface area contributed by atoms with Crippen LogP contribution in [0.3, 0.4) is 0 Å². The third-order valence-corrected chi connectivity index (χ3v) is 8.08. The van der Waals surface area contributed by atoms with Gasteiger partial charge in [0.25, 0.3) is 5.91 Å². The highest BCUT2D eigenvalue weighted by molar-refractivity contribution is 7.91. The fourth-order valence-corrected chi connectivity index (χ4v) is 4.81. The third-order valence-electron chi connectivity index (χ3n) is 5.43. The molecule has 0 aliphatic rings. The normalized spacial score (nSPS) is 15.8. The van der Waals surface area contributed by atoms with Crippen molar-refractivity contribution < 1.29 is 36.9 Å². The van der Waals surface area contributed by atoms with Gasteiger partial charge in [-0.25, -0.2) is 16.8 Å². The summed E-state index contributed by atoms with van der Waals surface area (Å²) in [7, 11) is -6.96. The molecule has 36 heavy (non-hydrogen) atoms. The first-order valence-electron chi connectivity index (χ1n) is 10.5. The molecule has 0 saturated carbocycles. The molecule has 2 atom stereocenters. The van der Waals surface area contributed by atoms with Crippen LogP contribution in [-0.2, 0) is 35.9 Å². The van der Waals surface area contributed by atoms with Crippen LogP contribution in [0.4, 0.5) is 0 Å². The quantitative estimate of drug-likeness (QED) is 0.179. The molecule has 10 nitrogen and oxygen atoms in total. The van der Waals surface area contributed by atoms with Gasteiger partial charge in [-0.05, 0) is 29.8 Å². The average molecular weight is 584 g/mol. The summed E-state index contributed by atoms with van der Waals surface area (Å²) in [4.78, 5) is 10.7. The summed E-state index contributed by atoms with van der Waals surface area (Å²) < 4.78 is 46.9. The molecule has 0 saturated heterocycles. The van der Waals surface area contributed by atoms with Crippen molar-refractivity contribution in [3.05, 3.63) is 59.7 Å². The first-order valence-corrected chi connectivity index (χ1v) is 15.2. The predicted octanol–water partition coefficient (Wildman–Crippen LogP) is 0.766. The molecule has 200 valence electrons. The Bertz CT molecular complexity index is 1270. The molecule has 14 heteroatoms. The summed E-state index contributed by atoms with van der Waals surface area (Å²) in [5.74, 6) is -0.907. The van der Waals surface area contributed by atoms with E-state index in [4.69, 9.17) is 23.2 Å². The first kappa shape index (κ1) is 30.5. The lowest BCUT2D eigenvalue weighted by Gasteiger charge is -2.34. The van der Waals surface area contributed by atoms with E-state index in [1.54, 1.807) is 0 Å². The molecule has 2 aromatic rings. The van der Waals surface area contributed by atoms with Crippen molar-refractivity contribution in [1.29, 1.82) is 0 Å². The molecule has 0 heterocycles. The number of alkyl halides is 2. The summed E-state index contributed by atoms with van der Waals surface area (Å²) in [6, 6.07) is 10.6. The van der Waals surface area contributed by atoms with Crippen molar-refractivity contribution in [2.24, 2.45) is 0 Å².